The molecule has 100 valence electrons. The zero-order chi connectivity index (χ0) is 14.4. The van der Waals surface area contributed by atoms with Gasteiger partial charge in [0.25, 0.3) is 0 Å². The van der Waals surface area contributed by atoms with Crippen molar-refractivity contribution in [3.05, 3.63) is 65.4 Å². The fourth-order valence-corrected chi connectivity index (χ4v) is 1.80. The Morgan fingerprint density at radius 1 is 1.26 bits per heavy atom. The standard InChI is InChI=1S/C17H22N2/c1-5-13(3)17-9-8-16(19)11-15(17)7-6-12(2)10-14(4)18/h5-11H,4,18-19H2,1-3H3/b7-6-,12-10+,13-5+. The summed E-state index contributed by atoms with van der Waals surface area (Å²) in [5.41, 5.74) is 17.3. The van der Waals surface area contributed by atoms with Crippen LogP contribution in [0.2, 0.25) is 0 Å². The summed E-state index contributed by atoms with van der Waals surface area (Å²) >= 11 is 0. The summed E-state index contributed by atoms with van der Waals surface area (Å²) in [6.07, 6.45) is 7.99. The summed E-state index contributed by atoms with van der Waals surface area (Å²) in [5, 5.41) is 0. The third kappa shape index (κ3) is 4.51. The highest BCUT2D eigenvalue weighted by molar-refractivity contribution is 5.75. The quantitative estimate of drug-likeness (QED) is 0.627. The molecule has 0 aliphatic rings. The number of nitrogens with two attached hydrogens (primary N) is 2. The van der Waals surface area contributed by atoms with Crippen LogP contribution in [0.3, 0.4) is 0 Å². The molecule has 0 radical (unpaired) electrons. The van der Waals surface area contributed by atoms with Gasteiger partial charge in [-0.1, -0.05) is 30.9 Å². The number of hydrogen-bond donors (Lipinski definition) is 2. The minimum Gasteiger partial charge on any atom is -0.399 e. The van der Waals surface area contributed by atoms with Gasteiger partial charge in [-0.05, 0) is 61.3 Å². The van der Waals surface area contributed by atoms with E-state index in [2.05, 4.69) is 19.6 Å². The van der Waals surface area contributed by atoms with Crippen molar-refractivity contribution in [1.82, 2.24) is 0 Å². The Kier molecular flexibility index (Phi) is 5.19. The highest BCUT2D eigenvalue weighted by Gasteiger charge is 2.01. The van der Waals surface area contributed by atoms with E-state index in [0.717, 1.165) is 16.8 Å². The molecule has 0 aliphatic carbocycles. The maximum atomic E-state index is 5.85. The first-order valence-corrected chi connectivity index (χ1v) is 6.27. The molecule has 2 nitrogen and oxygen atoms in total. The molecular weight excluding hydrogens is 232 g/mol. The minimum absolute atomic E-state index is 0.555. The van der Waals surface area contributed by atoms with Crippen molar-refractivity contribution in [3.8, 4) is 0 Å². The number of hydrogen-bond acceptors (Lipinski definition) is 2. The maximum absolute atomic E-state index is 5.85. The summed E-state index contributed by atoms with van der Waals surface area (Å²) in [6, 6.07) is 5.94. The molecule has 0 atom stereocenters. The Hall–Kier alpha value is -2.22. The first kappa shape index (κ1) is 14.8. The Bertz CT molecular complexity index is 561. The van der Waals surface area contributed by atoms with Crippen LogP contribution in [0.15, 0.2) is 54.3 Å². The first-order chi connectivity index (χ1) is 8.93. The Morgan fingerprint density at radius 3 is 2.53 bits per heavy atom. The van der Waals surface area contributed by atoms with Crippen LogP contribution in [0.25, 0.3) is 11.6 Å². The van der Waals surface area contributed by atoms with E-state index in [-0.39, 0.29) is 0 Å². The molecule has 0 amide bonds. The molecule has 0 saturated heterocycles. The number of allylic oxidation sites excluding steroid dienone is 5. The molecule has 0 saturated carbocycles. The Balaban J connectivity index is 3.16. The second-order valence-electron chi connectivity index (χ2n) is 4.61. The van der Waals surface area contributed by atoms with Gasteiger partial charge in [0.2, 0.25) is 0 Å². The van der Waals surface area contributed by atoms with Gasteiger partial charge in [0.15, 0.2) is 0 Å². The normalized spacial score (nSPS) is 13.0. The fraction of sp³-hybridized carbons (Fsp3) is 0.176. The van der Waals surface area contributed by atoms with Crippen LogP contribution < -0.4 is 11.5 Å². The highest BCUT2D eigenvalue weighted by Crippen LogP contribution is 2.23. The van der Waals surface area contributed by atoms with Crippen LogP contribution in [-0.2, 0) is 0 Å². The van der Waals surface area contributed by atoms with Gasteiger partial charge in [-0.2, -0.15) is 0 Å². The smallest absolute Gasteiger partial charge is 0.0320 e. The molecule has 2 heteroatoms. The monoisotopic (exact) mass is 254 g/mol. The molecule has 0 aromatic heterocycles. The van der Waals surface area contributed by atoms with Crippen molar-refractivity contribution < 1.29 is 0 Å². The molecule has 19 heavy (non-hydrogen) atoms. The lowest BCUT2D eigenvalue weighted by Gasteiger charge is -2.07. The molecule has 1 aromatic rings. The number of benzene rings is 1. The maximum Gasteiger partial charge on any atom is 0.0320 e. The fourth-order valence-electron chi connectivity index (χ4n) is 1.80. The molecule has 0 fully saturated rings. The lowest BCUT2D eigenvalue weighted by molar-refractivity contribution is 1.40. The summed E-state index contributed by atoms with van der Waals surface area (Å²) in [7, 11) is 0. The van der Waals surface area contributed by atoms with E-state index in [1.54, 1.807) is 0 Å². The summed E-state index contributed by atoms with van der Waals surface area (Å²) in [6.45, 7) is 9.77. The van der Waals surface area contributed by atoms with E-state index >= 15 is 0 Å². The predicted molar refractivity (Wildman–Crippen MR) is 86.3 cm³/mol. The third-order valence-corrected chi connectivity index (χ3v) is 2.87. The highest BCUT2D eigenvalue weighted by atomic mass is 14.5. The van der Waals surface area contributed by atoms with Gasteiger partial charge in [-0.15, -0.1) is 0 Å². The average Bonchev–Trinajstić information content (AvgIpc) is 2.34. The van der Waals surface area contributed by atoms with Gasteiger partial charge in [-0.25, -0.2) is 0 Å². The van der Waals surface area contributed by atoms with Gasteiger partial charge in [-0.3, -0.25) is 0 Å². The van der Waals surface area contributed by atoms with E-state index in [1.165, 1.54) is 11.1 Å². The third-order valence-electron chi connectivity index (χ3n) is 2.87. The van der Waals surface area contributed by atoms with Crippen molar-refractivity contribution in [1.29, 1.82) is 0 Å². The molecule has 1 aromatic carbocycles. The number of anilines is 1. The summed E-state index contributed by atoms with van der Waals surface area (Å²) in [5.74, 6) is 0. The first-order valence-electron chi connectivity index (χ1n) is 6.27. The Labute approximate surface area is 115 Å². The van der Waals surface area contributed by atoms with Crippen molar-refractivity contribution in [3.63, 3.8) is 0 Å². The van der Waals surface area contributed by atoms with Crippen molar-refractivity contribution in [2.75, 3.05) is 5.73 Å². The second-order valence-corrected chi connectivity index (χ2v) is 4.61. The molecule has 0 heterocycles. The minimum atomic E-state index is 0.555. The van der Waals surface area contributed by atoms with Gasteiger partial charge in [0.1, 0.15) is 0 Å². The van der Waals surface area contributed by atoms with Crippen LogP contribution in [0, 0.1) is 0 Å². The second kappa shape index (κ2) is 6.64. The molecular formula is C17H22N2. The van der Waals surface area contributed by atoms with Gasteiger partial charge >= 0.3 is 0 Å². The molecule has 0 spiro atoms. The number of rotatable bonds is 4. The molecule has 4 N–H and O–H groups in total. The predicted octanol–water partition coefficient (Wildman–Crippen LogP) is 4.12. The summed E-state index contributed by atoms with van der Waals surface area (Å²) in [4.78, 5) is 0. The van der Waals surface area contributed by atoms with Crippen molar-refractivity contribution in [2.24, 2.45) is 5.73 Å². The topological polar surface area (TPSA) is 52.0 Å². The van der Waals surface area contributed by atoms with Gasteiger partial charge in [0, 0.05) is 11.4 Å². The largest absolute Gasteiger partial charge is 0.399 e. The van der Waals surface area contributed by atoms with Gasteiger partial charge in [0.05, 0.1) is 0 Å². The van der Waals surface area contributed by atoms with Crippen LogP contribution in [-0.4, -0.2) is 0 Å². The van der Waals surface area contributed by atoms with Crippen LogP contribution in [0.4, 0.5) is 5.69 Å². The molecule has 0 aliphatic heterocycles. The van der Waals surface area contributed by atoms with E-state index in [1.807, 2.05) is 50.3 Å². The van der Waals surface area contributed by atoms with E-state index in [9.17, 15) is 0 Å². The van der Waals surface area contributed by atoms with Crippen molar-refractivity contribution in [2.45, 2.75) is 20.8 Å². The van der Waals surface area contributed by atoms with Crippen LogP contribution >= 0.6 is 0 Å². The lowest BCUT2D eigenvalue weighted by Crippen LogP contribution is -1.91. The van der Waals surface area contributed by atoms with Crippen LogP contribution in [0.5, 0.6) is 0 Å². The SMILES string of the molecule is C=C(N)/C=C(C)/C=C\c1cc(N)ccc1/C(C)=C/C. The Morgan fingerprint density at radius 2 is 1.95 bits per heavy atom. The molecule has 0 bridgehead atoms. The van der Waals surface area contributed by atoms with Gasteiger partial charge < -0.3 is 11.5 Å². The lowest BCUT2D eigenvalue weighted by atomic mass is 9.99. The van der Waals surface area contributed by atoms with Crippen LogP contribution in [0.1, 0.15) is 31.9 Å². The number of nitrogen functional groups attached to an aromatic ring is 1. The summed E-state index contributed by atoms with van der Waals surface area (Å²) < 4.78 is 0. The van der Waals surface area contributed by atoms with E-state index in [4.69, 9.17) is 11.5 Å². The average molecular weight is 254 g/mol. The van der Waals surface area contributed by atoms with Crippen molar-refractivity contribution >= 4 is 17.3 Å². The zero-order valence-electron chi connectivity index (χ0n) is 11.9. The van der Waals surface area contributed by atoms with E-state index < -0.39 is 0 Å². The molecule has 1 rings (SSSR count). The molecule has 0 unspecified atom stereocenters. The zero-order valence-corrected chi connectivity index (χ0v) is 11.9. The van der Waals surface area contributed by atoms with E-state index in [0.29, 0.717) is 5.70 Å².